The summed E-state index contributed by atoms with van der Waals surface area (Å²) in [5.41, 5.74) is 2.07. The van der Waals surface area contributed by atoms with Crippen molar-refractivity contribution in [1.29, 1.82) is 0 Å². The number of aryl methyl sites for hydroxylation is 1. The Morgan fingerprint density at radius 3 is 2.45 bits per heavy atom. The van der Waals surface area contributed by atoms with Gasteiger partial charge in [-0.25, -0.2) is 0 Å². The Bertz CT molecular complexity index is 593. The van der Waals surface area contributed by atoms with Crippen LogP contribution in [-0.4, -0.2) is 16.9 Å². The highest BCUT2D eigenvalue weighted by molar-refractivity contribution is 5.76. The fraction of sp³-hybridized carbons (Fsp3) is 0.368. The minimum absolute atomic E-state index is 0.0612. The highest BCUT2D eigenvalue weighted by atomic mass is 16.1. The van der Waals surface area contributed by atoms with Crippen molar-refractivity contribution in [1.82, 2.24) is 10.3 Å². The number of aromatic nitrogens is 1. The van der Waals surface area contributed by atoms with Gasteiger partial charge in [-0.05, 0) is 31.0 Å². The molecule has 1 atom stereocenters. The summed E-state index contributed by atoms with van der Waals surface area (Å²) in [5, 5.41) is 3.12. The normalized spacial score (nSPS) is 12.7. The van der Waals surface area contributed by atoms with Gasteiger partial charge in [0.25, 0.3) is 0 Å². The van der Waals surface area contributed by atoms with Gasteiger partial charge in [-0.3, -0.25) is 9.78 Å². The SMILES string of the molecule is C[C@@H](NC(=O)CCc1ccccn1)C(C)(C)c1ccccc1. The monoisotopic (exact) mass is 296 g/mol. The predicted octanol–water partition coefficient (Wildman–Crippen LogP) is 3.50. The maximum Gasteiger partial charge on any atom is 0.220 e. The van der Waals surface area contributed by atoms with Gasteiger partial charge in [0.2, 0.25) is 5.91 Å². The molecule has 0 saturated heterocycles. The molecular weight excluding hydrogens is 272 g/mol. The Labute approximate surface area is 132 Å². The second-order valence-corrected chi connectivity index (χ2v) is 6.20. The molecule has 2 rings (SSSR count). The smallest absolute Gasteiger partial charge is 0.220 e. The maximum absolute atomic E-state index is 12.2. The van der Waals surface area contributed by atoms with Crippen molar-refractivity contribution in [3.8, 4) is 0 Å². The third kappa shape index (κ3) is 4.17. The molecular formula is C19H24N2O. The molecule has 2 aromatic rings. The van der Waals surface area contributed by atoms with Crippen molar-refractivity contribution >= 4 is 5.91 Å². The van der Waals surface area contributed by atoms with Crippen LogP contribution in [0.15, 0.2) is 54.7 Å². The second kappa shape index (κ2) is 7.21. The Hall–Kier alpha value is -2.16. The number of amides is 1. The number of hydrogen-bond acceptors (Lipinski definition) is 2. The molecule has 3 nitrogen and oxygen atoms in total. The van der Waals surface area contributed by atoms with Crippen LogP contribution < -0.4 is 5.32 Å². The first kappa shape index (κ1) is 16.2. The molecule has 0 aliphatic rings. The largest absolute Gasteiger partial charge is 0.353 e. The highest BCUT2D eigenvalue weighted by Crippen LogP contribution is 2.26. The van der Waals surface area contributed by atoms with Gasteiger partial charge < -0.3 is 5.32 Å². The fourth-order valence-corrected chi connectivity index (χ4v) is 2.40. The summed E-state index contributed by atoms with van der Waals surface area (Å²) in [6.45, 7) is 6.38. The average molecular weight is 296 g/mol. The van der Waals surface area contributed by atoms with E-state index in [2.05, 4.69) is 43.2 Å². The van der Waals surface area contributed by atoms with Crippen LogP contribution in [0.1, 0.15) is 38.4 Å². The van der Waals surface area contributed by atoms with Gasteiger partial charge in [0.05, 0.1) is 0 Å². The zero-order valence-electron chi connectivity index (χ0n) is 13.5. The zero-order valence-corrected chi connectivity index (χ0v) is 13.5. The molecule has 1 heterocycles. The van der Waals surface area contributed by atoms with E-state index in [4.69, 9.17) is 0 Å². The van der Waals surface area contributed by atoms with Crippen LogP contribution in [-0.2, 0) is 16.6 Å². The van der Waals surface area contributed by atoms with Crippen LogP contribution in [0.25, 0.3) is 0 Å². The Morgan fingerprint density at radius 2 is 1.82 bits per heavy atom. The van der Waals surface area contributed by atoms with Crippen molar-refractivity contribution in [2.45, 2.75) is 45.1 Å². The predicted molar refractivity (Wildman–Crippen MR) is 89.6 cm³/mol. The van der Waals surface area contributed by atoms with Crippen molar-refractivity contribution in [3.05, 3.63) is 66.0 Å². The lowest BCUT2D eigenvalue weighted by Crippen LogP contribution is -2.45. The van der Waals surface area contributed by atoms with Crippen LogP contribution in [0.3, 0.4) is 0 Å². The lowest BCUT2D eigenvalue weighted by atomic mass is 9.78. The summed E-state index contributed by atoms with van der Waals surface area (Å²) >= 11 is 0. The molecule has 0 unspecified atom stereocenters. The van der Waals surface area contributed by atoms with Gasteiger partial charge in [0, 0.05) is 29.8 Å². The molecule has 0 aliphatic heterocycles. The molecule has 0 fully saturated rings. The summed E-state index contributed by atoms with van der Waals surface area (Å²) in [7, 11) is 0. The quantitative estimate of drug-likeness (QED) is 0.886. The molecule has 1 aromatic carbocycles. The highest BCUT2D eigenvalue weighted by Gasteiger charge is 2.28. The lowest BCUT2D eigenvalue weighted by molar-refractivity contribution is -0.122. The Morgan fingerprint density at radius 1 is 1.14 bits per heavy atom. The molecule has 1 N–H and O–H groups in total. The number of carbonyl (C=O) groups excluding carboxylic acids is 1. The molecule has 0 aliphatic carbocycles. The van der Waals surface area contributed by atoms with E-state index in [9.17, 15) is 4.79 Å². The number of nitrogens with zero attached hydrogens (tertiary/aromatic N) is 1. The van der Waals surface area contributed by atoms with Crippen LogP contribution >= 0.6 is 0 Å². The first-order chi connectivity index (χ1) is 10.5. The first-order valence-corrected chi connectivity index (χ1v) is 7.75. The molecule has 1 aromatic heterocycles. The van der Waals surface area contributed by atoms with Crippen molar-refractivity contribution < 1.29 is 4.79 Å². The zero-order chi connectivity index (χ0) is 16.0. The van der Waals surface area contributed by atoms with E-state index in [1.165, 1.54) is 5.56 Å². The van der Waals surface area contributed by atoms with Crippen LogP contribution in [0.4, 0.5) is 0 Å². The number of hydrogen-bond donors (Lipinski definition) is 1. The molecule has 0 radical (unpaired) electrons. The summed E-state index contributed by atoms with van der Waals surface area (Å²) in [6, 6.07) is 16.1. The average Bonchev–Trinajstić information content (AvgIpc) is 2.54. The third-order valence-corrected chi connectivity index (χ3v) is 4.31. The number of benzene rings is 1. The molecule has 116 valence electrons. The van der Waals surface area contributed by atoms with E-state index in [0.717, 1.165) is 5.69 Å². The molecule has 0 bridgehead atoms. The number of rotatable bonds is 6. The number of nitrogens with one attached hydrogen (secondary N) is 1. The van der Waals surface area contributed by atoms with Crippen LogP contribution in [0.5, 0.6) is 0 Å². The van der Waals surface area contributed by atoms with Crippen molar-refractivity contribution in [2.24, 2.45) is 0 Å². The van der Waals surface area contributed by atoms with Gasteiger partial charge >= 0.3 is 0 Å². The minimum Gasteiger partial charge on any atom is -0.353 e. The topological polar surface area (TPSA) is 42.0 Å². The van der Waals surface area contributed by atoms with E-state index in [1.807, 2.05) is 36.4 Å². The van der Waals surface area contributed by atoms with Crippen molar-refractivity contribution in [2.75, 3.05) is 0 Å². The lowest BCUT2D eigenvalue weighted by Gasteiger charge is -2.33. The summed E-state index contributed by atoms with van der Waals surface area (Å²) < 4.78 is 0. The van der Waals surface area contributed by atoms with E-state index in [-0.39, 0.29) is 17.4 Å². The van der Waals surface area contributed by atoms with E-state index in [0.29, 0.717) is 12.8 Å². The summed E-state index contributed by atoms with van der Waals surface area (Å²) in [4.78, 5) is 16.4. The van der Waals surface area contributed by atoms with Gasteiger partial charge in [0.15, 0.2) is 0 Å². The standard InChI is InChI=1S/C19H24N2O/c1-15(19(2,3)16-9-5-4-6-10-16)21-18(22)13-12-17-11-7-8-14-20-17/h4-11,14-15H,12-13H2,1-3H3,(H,21,22)/t15-/m1/s1. The summed E-state index contributed by atoms with van der Waals surface area (Å²) in [5.74, 6) is 0.0714. The van der Waals surface area contributed by atoms with E-state index >= 15 is 0 Å². The van der Waals surface area contributed by atoms with Gasteiger partial charge in [-0.1, -0.05) is 50.2 Å². The third-order valence-electron chi connectivity index (χ3n) is 4.31. The molecule has 22 heavy (non-hydrogen) atoms. The van der Waals surface area contributed by atoms with Crippen molar-refractivity contribution in [3.63, 3.8) is 0 Å². The van der Waals surface area contributed by atoms with E-state index in [1.54, 1.807) is 6.20 Å². The summed E-state index contributed by atoms with van der Waals surface area (Å²) in [6.07, 6.45) is 2.89. The fourth-order valence-electron chi connectivity index (χ4n) is 2.40. The number of pyridine rings is 1. The van der Waals surface area contributed by atoms with Gasteiger partial charge in [-0.2, -0.15) is 0 Å². The van der Waals surface area contributed by atoms with Crippen LogP contribution in [0, 0.1) is 0 Å². The molecule has 0 saturated carbocycles. The second-order valence-electron chi connectivity index (χ2n) is 6.20. The minimum atomic E-state index is -0.109. The van der Waals surface area contributed by atoms with Gasteiger partial charge in [-0.15, -0.1) is 0 Å². The van der Waals surface area contributed by atoms with Gasteiger partial charge in [0.1, 0.15) is 0 Å². The maximum atomic E-state index is 12.2. The number of carbonyl (C=O) groups is 1. The molecule has 0 spiro atoms. The Kier molecular flexibility index (Phi) is 5.31. The van der Waals surface area contributed by atoms with E-state index < -0.39 is 0 Å². The molecule has 1 amide bonds. The Balaban J connectivity index is 1.91. The first-order valence-electron chi connectivity index (χ1n) is 7.75. The molecule has 3 heteroatoms. The van der Waals surface area contributed by atoms with Crippen LogP contribution in [0.2, 0.25) is 0 Å².